The first-order chi connectivity index (χ1) is 22.6. The zero-order valence-corrected chi connectivity index (χ0v) is 33.1. The third-order valence-corrected chi connectivity index (χ3v) is 16.1. The maximum atomic E-state index is 4.28. The number of hydrogen-bond donors (Lipinski definition) is 0. The third kappa shape index (κ3) is 23.7. The van der Waals surface area contributed by atoms with Crippen molar-refractivity contribution in [3.05, 3.63) is 48.6 Å². The molecule has 1 aromatic carbocycles. The highest BCUT2D eigenvalue weighted by atomic mass is 31.2. The fourth-order valence-electron chi connectivity index (χ4n) is 7.86. The molecule has 0 aliphatic heterocycles. The maximum Gasteiger partial charge on any atom is 0.0594 e. The summed E-state index contributed by atoms with van der Waals surface area (Å²) in [6.07, 6.45) is 47.5. The first-order valence-electron chi connectivity index (χ1n) is 21.1. The third-order valence-electron chi connectivity index (χ3n) is 11.0. The van der Waals surface area contributed by atoms with Crippen molar-refractivity contribution in [2.75, 3.05) is 24.6 Å². The molecule has 0 radical (unpaired) electrons. The van der Waals surface area contributed by atoms with E-state index in [9.17, 15) is 0 Å². The van der Waals surface area contributed by atoms with Gasteiger partial charge in [0.15, 0.2) is 0 Å². The van der Waals surface area contributed by atoms with Crippen LogP contribution in [0.4, 0.5) is 0 Å². The minimum atomic E-state index is -0.887. The Balaban J connectivity index is 2.75. The van der Waals surface area contributed by atoms with Gasteiger partial charge in [0.1, 0.15) is 0 Å². The molecule has 0 nitrogen and oxygen atoms in total. The highest BCUT2D eigenvalue weighted by Crippen LogP contribution is 2.61. The monoisotopic (exact) mass is 656 g/mol. The highest BCUT2D eigenvalue weighted by Gasteiger charge is 2.35. The van der Waals surface area contributed by atoms with E-state index in [0.29, 0.717) is 5.92 Å². The molecule has 1 unspecified atom stereocenters. The molecule has 0 amide bonds. The zero-order chi connectivity index (χ0) is 33.4. The summed E-state index contributed by atoms with van der Waals surface area (Å²) >= 11 is 0. The van der Waals surface area contributed by atoms with Crippen LogP contribution in [0.1, 0.15) is 200 Å². The molecule has 46 heavy (non-hydrogen) atoms. The van der Waals surface area contributed by atoms with Crippen molar-refractivity contribution in [3.8, 4) is 0 Å². The fraction of sp³-hybridized carbons (Fsp3) is 0.822. The van der Waals surface area contributed by atoms with Gasteiger partial charge < -0.3 is 0 Å². The van der Waals surface area contributed by atoms with Crippen LogP contribution < -0.4 is 0 Å². The minimum absolute atomic E-state index is 0.630. The second-order valence-electron chi connectivity index (χ2n) is 15.3. The highest BCUT2D eigenvalue weighted by molar-refractivity contribution is 7.75. The molecule has 1 heteroatoms. The number of unbranched alkanes of at least 4 members (excludes halogenated alkanes) is 16. The van der Waals surface area contributed by atoms with E-state index in [-0.39, 0.29) is 0 Å². The smallest absolute Gasteiger partial charge is 0.0594 e. The average molecular weight is 656 g/mol. The Morgan fingerprint density at radius 3 is 1.37 bits per heavy atom. The van der Waals surface area contributed by atoms with E-state index in [1.165, 1.54) is 179 Å². The molecule has 0 bridgehead atoms. The first-order valence-corrected chi connectivity index (χ1v) is 23.7. The summed E-state index contributed by atoms with van der Waals surface area (Å²) in [6, 6.07) is 11.2. The van der Waals surface area contributed by atoms with Gasteiger partial charge in [-0.3, -0.25) is 0 Å². The minimum Gasteiger partial charge on any atom is -0.103 e. The van der Waals surface area contributed by atoms with Crippen molar-refractivity contribution in [2.24, 2.45) is 11.8 Å². The molecule has 0 aliphatic carbocycles. The van der Waals surface area contributed by atoms with Gasteiger partial charge in [0, 0.05) is 7.26 Å². The van der Waals surface area contributed by atoms with Crippen molar-refractivity contribution in [1.29, 1.82) is 0 Å². The van der Waals surface area contributed by atoms with Gasteiger partial charge in [0.05, 0.1) is 24.6 Å². The Kier molecular flexibility index (Phi) is 29.9. The van der Waals surface area contributed by atoms with Crippen LogP contribution in [-0.4, -0.2) is 24.6 Å². The Bertz CT molecular complexity index is 730. The Hall–Kier alpha value is -0.610. The lowest BCUT2D eigenvalue weighted by molar-refractivity contribution is 0.377. The number of benzene rings is 1. The molecular formula is C45H84P+. The number of allylic oxidation sites excluding steroid dienone is 1. The van der Waals surface area contributed by atoms with E-state index in [1.54, 1.807) is 24.6 Å². The fourth-order valence-corrected chi connectivity index (χ4v) is 12.7. The molecule has 0 saturated carbocycles. The molecule has 0 fully saturated rings. The summed E-state index contributed by atoms with van der Waals surface area (Å²) in [7, 11) is -0.887. The summed E-state index contributed by atoms with van der Waals surface area (Å²) < 4.78 is 0. The van der Waals surface area contributed by atoms with Crippen molar-refractivity contribution in [2.45, 2.75) is 201 Å². The molecule has 0 heterocycles. The second-order valence-corrected chi connectivity index (χ2v) is 19.8. The van der Waals surface area contributed by atoms with E-state index in [4.69, 9.17) is 0 Å². The van der Waals surface area contributed by atoms with Gasteiger partial charge >= 0.3 is 0 Å². The standard InChI is InChI=1S/C45H84P/c1-6-11-15-17-21-28-38-46(39-29-22-18-16-12-7-2,41-31-37-43(10-5)42-45-35-26-24-27-36-45)40-30-23-19-20-25-34-44(32-13-8-3)33-14-9-4/h10,24,26-27,35-36,43-44H,5-9,11-23,25,28-34,37-42H2,1-4H3/q+1. The molecule has 0 aromatic heterocycles. The van der Waals surface area contributed by atoms with Crippen LogP contribution >= 0.6 is 7.26 Å². The lowest BCUT2D eigenvalue weighted by Crippen LogP contribution is -2.14. The van der Waals surface area contributed by atoms with Gasteiger partial charge in [0.2, 0.25) is 0 Å². The van der Waals surface area contributed by atoms with Crippen molar-refractivity contribution >= 4 is 7.26 Å². The van der Waals surface area contributed by atoms with E-state index in [0.717, 1.165) is 5.92 Å². The molecule has 0 spiro atoms. The lowest BCUT2D eigenvalue weighted by Gasteiger charge is -2.29. The normalized spacial score (nSPS) is 12.6. The first kappa shape index (κ1) is 43.4. The topological polar surface area (TPSA) is 0 Å². The molecule has 1 aromatic rings. The van der Waals surface area contributed by atoms with E-state index < -0.39 is 7.26 Å². The van der Waals surface area contributed by atoms with Crippen LogP contribution in [0.5, 0.6) is 0 Å². The van der Waals surface area contributed by atoms with E-state index in [1.807, 2.05) is 0 Å². The second kappa shape index (κ2) is 31.6. The Morgan fingerprint density at radius 2 is 0.891 bits per heavy atom. The van der Waals surface area contributed by atoms with Crippen LogP contribution in [0, 0.1) is 11.8 Å². The summed E-state index contributed by atoms with van der Waals surface area (Å²) in [5.41, 5.74) is 1.48. The SMILES string of the molecule is C=CC(CCC[P+](CCCCCCCC)(CCCCCCCC)CCCCCCCC(CCCC)CCCC)Cc1ccccc1. The summed E-state index contributed by atoms with van der Waals surface area (Å²) in [5.74, 6) is 1.64. The van der Waals surface area contributed by atoms with Gasteiger partial charge in [-0.05, 0) is 75.2 Å². The van der Waals surface area contributed by atoms with Gasteiger partial charge in [-0.15, -0.1) is 6.58 Å². The van der Waals surface area contributed by atoms with Gasteiger partial charge in [0.25, 0.3) is 0 Å². The maximum absolute atomic E-state index is 4.28. The summed E-state index contributed by atoms with van der Waals surface area (Å²) in [4.78, 5) is 0. The predicted molar refractivity (Wildman–Crippen MR) is 216 cm³/mol. The molecule has 0 aliphatic rings. The Labute approximate surface area is 292 Å². The molecule has 1 rings (SSSR count). The van der Waals surface area contributed by atoms with Gasteiger partial charge in [-0.2, -0.15) is 0 Å². The number of rotatable bonds is 35. The van der Waals surface area contributed by atoms with Crippen LogP contribution in [-0.2, 0) is 6.42 Å². The molecule has 0 saturated heterocycles. The molecular weight excluding hydrogens is 571 g/mol. The predicted octanol–water partition coefficient (Wildman–Crippen LogP) is 15.9. The summed E-state index contributed by atoms with van der Waals surface area (Å²) in [6.45, 7) is 13.7. The van der Waals surface area contributed by atoms with Crippen molar-refractivity contribution in [3.63, 3.8) is 0 Å². The van der Waals surface area contributed by atoms with E-state index >= 15 is 0 Å². The lowest BCUT2D eigenvalue weighted by atomic mass is 9.90. The summed E-state index contributed by atoms with van der Waals surface area (Å²) in [5, 5.41) is 0. The van der Waals surface area contributed by atoms with Crippen LogP contribution in [0.25, 0.3) is 0 Å². The largest absolute Gasteiger partial charge is 0.103 e. The van der Waals surface area contributed by atoms with Crippen LogP contribution in [0.3, 0.4) is 0 Å². The quantitative estimate of drug-likeness (QED) is 0.0388. The van der Waals surface area contributed by atoms with E-state index in [2.05, 4.69) is 70.7 Å². The van der Waals surface area contributed by atoms with Gasteiger partial charge in [-0.25, -0.2) is 0 Å². The van der Waals surface area contributed by atoms with Crippen molar-refractivity contribution in [1.82, 2.24) is 0 Å². The molecule has 1 atom stereocenters. The van der Waals surface area contributed by atoms with Crippen LogP contribution in [0.2, 0.25) is 0 Å². The molecule has 268 valence electrons. The average Bonchev–Trinajstić information content (AvgIpc) is 3.08. The zero-order valence-electron chi connectivity index (χ0n) is 32.2. The van der Waals surface area contributed by atoms with Crippen molar-refractivity contribution < 1.29 is 0 Å². The number of hydrogen-bond acceptors (Lipinski definition) is 0. The Morgan fingerprint density at radius 1 is 0.478 bits per heavy atom. The van der Waals surface area contributed by atoms with Crippen LogP contribution in [0.15, 0.2) is 43.0 Å². The molecule has 0 N–H and O–H groups in total. The van der Waals surface area contributed by atoms with Gasteiger partial charge in [-0.1, -0.05) is 180 Å².